The zero-order valence-electron chi connectivity index (χ0n) is 18.2. The van der Waals surface area contributed by atoms with Crippen molar-refractivity contribution in [3.05, 3.63) is 87.3 Å². The summed E-state index contributed by atoms with van der Waals surface area (Å²) < 4.78 is 5.39. The van der Waals surface area contributed by atoms with Gasteiger partial charge in [-0.1, -0.05) is 41.6 Å². The molecule has 3 aromatic rings. The Morgan fingerprint density at radius 2 is 1.82 bits per heavy atom. The lowest BCUT2D eigenvalue weighted by molar-refractivity contribution is -0.113. The van der Waals surface area contributed by atoms with E-state index in [1.165, 1.54) is 11.8 Å². The van der Waals surface area contributed by atoms with Crippen molar-refractivity contribution in [3.8, 4) is 5.75 Å². The predicted octanol–water partition coefficient (Wildman–Crippen LogP) is 6.84. The summed E-state index contributed by atoms with van der Waals surface area (Å²) >= 11 is 9.13. The summed E-state index contributed by atoms with van der Waals surface area (Å²) in [5, 5.41) is 2.07. The van der Waals surface area contributed by atoms with Crippen LogP contribution in [0.1, 0.15) is 5.56 Å². The van der Waals surface area contributed by atoms with E-state index >= 15 is 0 Å². The molecule has 5 nitrogen and oxygen atoms in total. The molecule has 166 valence electrons. The number of amidine groups is 1. The maximum Gasteiger partial charge on any atom is 0.274 e. The number of carbonyl (C=O) groups excluding carboxylic acids is 1. The van der Waals surface area contributed by atoms with Crippen molar-refractivity contribution in [1.29, 1.82) is 0 Å². The number of benzene rings is 3. The fraction of sp³-hybridized carbons (Fsp3) is 0.120. The van der Waals surface area contributed by atoms with Crippen LogP contribution in [-0.2, 0) is 4.79 Å². The minimum atomic E-state index is -0.0968. The van der Waals surface area contributed by atoms with Gasteiger partial charge in [-0.25, -0.2) is 4.99 Å². The van der Waals surface area contributed by atoms with E-state index in [0.717, 1.165) is 32.6 Å². The molecular weight excluding hydrogens is 474 g/mol. The summed E-state index contributed by atoms with van der Waals surface area (Å²) in [5.41, 5.74) is 3.56. The number of halogens is 1. The van der Waals surface area contributed by atoms with E-state index in [0.29, 0.717) is 20.8 Å². The van der Waals surface area contributed by atoms with Gasteiger partial charge in [-0.15, -0.1) is 0 Å². The van der Waals surface area contributed by atoms with Crippen molar-refractivity contribution in [2.24, 2.45) is 4.99 Å². The first-order valence-electron chi connectivity index (χ1n) is 10.2. The summed E-state index contributed by atoms with van der Waals surface area (Å²) in [5.74, 6) is 0.683. The van der Waals surface area contributed by atoms with E-state index in [1.807, 2.05) is 73.5 Å². The van der Waals surface area contributed by atoms with Crippen molar-refractivity contribution >= 4 is 63.3 Å². The number of aryl methyl sites for hydroxylation is 1. The Kier molecular flexibility index (Phi) is 5.86. The molecule has 0 spiro atoms. The monoisotopic (exact) mass is 493 g/mol. The maximum atomic E-state index is 13.8. The predicted molar refractivity (Wildman–Crippen MR) is 139 cm³/mol. The lowest BCUT2D eigenvalue weighted by Crippen LogP contribution is -2.29. The van der Waals surface area contributed by atoms with Gasteiger partial charge in [0.1, 0.15) is 10.7 Å². The molecule has 0 radical (unpaired) electrons. The van der Waals surface area contributed by atoms with Crippen LogP contribution in [0.15, 0.2) is 86.6 Å². The lowest BCUT2D eigenvalue weighted by atomic mass is 10.2. The first-order chi connectivity index (χ1) is 15.9. The summed E-state index contributed by atoms with van der Waals surface area (Å²) in [6.45, 7) is 2.01. The molecule has 5 rings (SSSR count). The molecule has 8 heteroatoms. The molecule has 0 aromatic heterocycles. The van der Waals surface area contributed by atoms with Gasteiger partial charge in [0.25, 0.3) is 5.91 Å². The van der Waals surface area contributed by atoms with Gasteiger partial charge in [0.2, 0.25) is 0 Å². The average molecular weight is 494 g/mol. The van der Waals surface area contributed by atoms with Gasteiger partial charge in [-0.05, 0) is 66.7 Å². The maximum absolute atomic E-state index is 13.8. The van der Waals surface area contributed by atoms with Crippen LogP contribution in [0.5, 0.6) is 5.75 Å². The first kappa shape index (κ1) is 21.9. The van der Waals surface area contributed by atoms with E-state index in [-0.39, 0.29) is 5.91 Å². The topological polar surface area (TPSA) is 45.1 Å². The highest BCUT2D eigenvalue weighted by atomic mass is 35.5. The third-order valence-corrected chi connectivity index (χ3v) is 7.94. The highest BCUT2D eigenvalue weighted by Crippen LogP contribution is 2.51. The van der Waals surface area contributed by atoms with Crippen LogP contribution >= 0.6 is 35.1 Å². The van der Waals surface area contributed by atoms with Crippen molar-refractivity contribution in [3.63, 3.8) is 0 Å². The van der Waals surface area contributed by atoms with Gasteiger partial charge in [0.15, 0.2) is 5.17 Å². The molecule has 1 saturated heterocycles. The molecule has 0 N–H and O–H groups in total. The van der Waals surface area contributed by atoms with E-state index in [9.17, 15) is 4.79 Å². The number of carbonyl (C=O) groups is 1. The number of amides is 1. The zero-order valence-corrected chi connectivity index (χ0v) is 20.6. The van der Waals surface area contributed by atoms with Gasteiger partial charge in [0, 0.05) is 23.0 Å². The number of nitrogens with zero attached hydrogens (tertiary/aromatic N) is 3. The van der Waals surface area contributed by atoms with Gasteiger partial charge < -0.3 is 9.64 Å². The quantitative estimate of drug-likeness (QED) is 0.374. The Balaban J connectivity index is 1.61. The van der Waals surface area contributed by atoms with Crippen molar-refractivity contribution in [1.82, 2.24) is 0 Å². The van der Waals surface area contributed by atoms with E-state index in [4.69, 9.17) is 21.3 Å². The van der Waals surface area contributed by atoms with Gasteiger partial charge in [0.05, 0.1) is 29.2 Å². The van der Waals surface area contributed by atoms with Crippen LogP contribution in [0, 0.1) is 6.92 Å². The molecule has 2 heterocycles. The number of aliphatic imine (C=N–C) groups is 1. The summed E-state index contributed by atoms with van der Waals surface area (Å²) in [6, 6.07) is 21.1. The van der Waals surface area contributed by atoms with Crippen molar-refractivity contribution in [2.45, 2.75) is 11.8 Å². The van der Waals surface area contributed by atoms with E-state index in [2.05, 4.69) is 0 Å². The number of ether oxygens (including phenoxy) is 1. The van der Waals surface area contributed by atoms with Crippen LogP contribution in [-0.4, -0.2) is 25.2 Å². The molecule has 0 saturated carbocycles. The Hall–Kier alpha value is -2.87. The number of fused-ring (bicyclic) bond motifs is 1. The molecule has 33 heavy (non-hydrogen) atoms. The summed E-state index contributed by atoms with van der Waals surface area (Å²) in [6.07, 6.45) is 0. The standard InChI is InChI=1S/C25H20ClN3O2S2/c1-15-6-4-9-18(12-15)29-23(30)22(33-25(29)27-17-8-5-7-16(26)13-17)24-28(2)20-14-19(31-3)10-11-21(20)32-24/h4-14H,1-3H3/b24-22-,27-25?. The van der Waals surface area contributed by atoms with E-state index < -0.39 is 0 Å². The molecule has 1 amide bonds. The second kappa shape index (κ2) is 8.82. The Morgan fingerprint density at radius 3 is 2.58 bits per heavy atom. The smallest absolute Gasteiger partial charge is 0.274 e. The van der Waals surface area contributed by atoms with Crippen LogP contribution in [0.3, 0.4) is 0 Å². The number of thioether (sulfide) groups is 2. The Labute approximate surface area is 206 Å². The number of methoxy groups -OCH3 is 1. The Morgan fingerprint density at radius 1 is 1.00 bits per heavy atom. The molecule has 0 atom stereocenters. The van der Waals surface area contributed by atoms with Crippen molar-refractivity contribution < 1.29 is 9.53 Å². The SMILES string of the molecule is COc1ccc2c(c1)N(C)/C(=C1/SC(=Nc3cccc(Cl)c3)N(c3cccc(C)c3)C1=O)S2. The van der Waals surface area contributed by atoms with E-state index in [1.54, 1.807) is 35.9 Å². The molecular formula is C25H20ClN3O2S2. The third kappa shape index (κ3) is 4.12. The number of anilines is 2. The molecule has 1 fully saturated rings. The highest BCUT2D eigenvalue weighted by Gasteiger charge is 2.40. The van der Waals surface area contributed by atoms with Crippen LogP contribution < -0.4 is 14.5 Å². The number of hydrogen-bond donors (Lipinski definition) is 0. The highest BCUT2D eigenvalue weighted by molar-refractivity contribution is 8.20. The average Bonchev–Trinajstić information content (AvgIpc) is 3.29. The second-order valence-corrected chi connectivity index (χ2v) is 10.0. The van der Waals surface area contributed by atoms with Gasteiger partial charge >= 0.3 is 0 Å². The Bertz CT molecular complexity index is 1340. The molecule has 0 aliphatic carbocycles. The van der Waals surface area contributed by atoms with Crippen LogP contribution in [0.4, 0.5) is 17.1 Å². The summed E-state index contributed by atoms with van der Waals surface area (Å²) in [7, 11) is 3.62. The molecule has 2 aliphatic heterocycles. The molecule has 0 bridgehead atoms. The number of hydrogen-bond acceptors (Lipinski definition) is 6. The first-order valence-corrected chi connectivity index (χ1v) is 12.2. The molecule has 0 unspecified atom stereocenters. The largest absolute Gasteiger partial charge is 0.497 e. The normalized spacial score (nSPS) is 18.9. The van der Waals surface area contributed by atoms with Gasteiger partial charge in [-0.2, -0.15) is 0 Å². The molecule has 3 aromatic carbocycles. The van der Waals surface area contributed by atoms with Gasteiger partial charge in [-0.3, -0.25) is 9.69 Å². The summed E-state index contributed by atoms with van der Waals surface area (Å²) in [4.78, 5) is 24.0. The van der Waals surface area contributed by atoms with Crippen LogP contribution in [0.2, 0.25) is 5.02 Å². The van der Waals surface area contributed by atoms with Crippen molar-refractivity contribution in [2.75, 3.05) is 24.0 Å². The minimum Gasteiger partial charge on any atom is -0.497 e. The second-order valence-electron chi connectivity index (χ2n) is 7.58. The zero-order chi connectivity index (χ0) is 23.1. The fourth-order valence-corrected chi connectivity index (χ4v) is 6.19. The third-order valence-electron chi connectivity index (χ3n) is 5.31. The minimum absolute atomic E-state index is 0.0968. The number of rotatable bonds is 3. The van der Waals surface area contributed by atoms with Crippen LogP contribution in [0.25, 0.3) is 0 Å². The molecule has 2 aliphatic rings. The lowest BCUT2D eigenvalue weighted by Gasteiger charge is -2.17. The fourth-order valence-electron chi connectivity index (χ4n) is 3.68.